The Morgan fingerprint density at radius 2 is 1.78 bits per heavy atom. The first-order valence-corrected chi connectivity index (χ1v) is 7.39. The zero-order valence-corrected chi connectivity index (χ0v) is 12.8. The molecular formula is C14H30ClN3. The average molecular weight is 276 g/mol. The predicted octanol–water partition coefficient (Wildman–Crippen LogP) is 1.68. The third kappa shape index (κ3) is 5.43. The summed E-state index contributed by atoms with van der Waals surface area (Å²) in [6.45, 7) is 14.8. The van der Waals surface area contributed by atoms with Crippen molar-refractivity contribution >= 4 is 12.4 Å². The average Bonchev–Trinajstić information content (AvgIpc) is 2.32. The van der Waals surface area contributed by atoms with Crippen LogP contribution in [0, 0.1) is 11.8 Å². The molecule has 0 saturated carbocycles. The van der Waals surface area contributed by atoms with Crippen LogP contribution in [0.25, 0.3) is 0 Å². The quantitative estimate of drug-likeness (QED) is 0.842. The molecule has 0 aliphatic carbocycles. The molecule has 0 radical (unpaired) electrons. The van der Waals surface area contributed by atoms with Gasteiger partial charge in [-0.25, -0.2) is 0 Å². The van der Waals surface area contributed by atoms with Gasteiger partial charge in [-0.3, -0.25) is 0 Å². The topological polar surface area (TPSA) is 18.5 Å². The zero-order valence-electron chi connectivity index (χ0n) is 12.0. The number of piperidine rings is 1. The molecule has 1 unspecified atom stereocenters. The van der Waals surface area contributed by atoms with Gasteiger partial charge >= 0.3 is 0 Å². The molecule has 2 aliphatic heterocycles. The Morgan fingerprint density at radius 1 is 1.11 bits per heavy atom. The fourth-order valence-corrected chi connectivity index (χ4v) is 3.12. The van der Waals surface area contributed by atoms with Gasteiger partial charge in [-0.15, -0.1) is 12.4 Å². The molecule has 0 aromatic rings. The Bertz CT molecular complexity index is 209. The van der Waals surface area contributed by atoms with Crippen molar-refractivity contribution in [2.24, 2.45) is 11.8 Å². The number of rotatable bonds is 4. The van der Waals surface area contributed by atoms with Crippen LogP contribution in [0.4, 0.5) is 0 Å². The largest absolute Gasteiger partial charge is 0.316 e. The minimum Gasteiger partial charge on any atom is -0.316 e. The fraction of sp³-hybridized carbons (Fsp3) is 1.00. The molecular weight excluding hydrogens is 246 g/mol. The third-order valence-electron chi connectivity index (χ3n) is 4.00. The number of piperazine rings is 1. The second kappa shape index (κ2) is 8.36. The first kappa shape index (κ1) is 16.2. The number of hydrogen-bond donors (Lipinski definition) is 1. The first-order valence-electron chi connectivity index (χ1n) is 7.39. The smallest absolute Gasteiger partial charge is 0.0110 e. The van der Waals surface area contributed by atoms with Crippen LogP contribution < -0.4 is 5.32 Å². The van der Waals surface area contributed by atoms with Crippen molar-refractivity contribution in [1.29, 1.82) is 0 Å². The molecule has 2 aliphatic rings. The van der Waals surface area contributed by atoms with Gasteiger partial charge in [-0.2, -0.15) is 0 Å². The van der Waals surface area contributed by atoms with Gasteiger partial charge in [-0.05, 0) is 37.8 Å². The summed E-state index contributed by atoms with van der Waals surface area (Å²) < 4.78 is 0. The van der Waals surface area contributed by atoms with Gasteiger partial charge < -0.3 is 15.1 Å². The standard InChI is InChI=1S/C14H29N3.ClH/c1-13(2)11-16-6-8-17(9-7-16)12-14-4-3-5-15-10-14;/h13-15H,3-12H2,1-2H3;1H. The lowest BCUT2D eigenvalue weighted by Crippen LogP contribution is -2.49. The molecule has 2 saturated heterocycles. The minimum absolute atomic E-state index is 0. The second-order valence-corrected chi connectivity index (χ2v) is 6.21. The number of hydrogen-bond acceptors (Lipinski definition) is 3. The van der Waals surface area contributed by atoms with Crippen molar-refractivity contribution in [3.63, 3.8) is 0 Å². The Hall–Kier alpha value is 0.170. The summed E-state index contributed by atoms with van der Waals surface area (Å²) in [5.41, 5.74) is 0. The summed E-state index contributed by atoms with van der Waals surface area (Å²) in [5.74, 6) is 1.71. The van der Waals surface area contributed by atoms with Crippen LogP contribution >= 0.6 is 12.4 Å². The van der Waals surface area contributed by atoms with Gasteiger partial charge in [0.1, 0.15) is 0 Å². The van der Waals surface area contributed by atoms with E-state index in [4.69, 9.17) is 0 Å². The Morgan fingerprint density at radius 3 is 2.33 bits per heavy atom. The van der Waals surface area contributed by atoms with Crippen molar-refractivity contribution in [3.05, 3.63) is 0 Å². The third-order valence-corrected chi connectivity index (χ3v) is 4.00. The highest BCUT2D eigenvalue weighted by molar-refractivity contribution is 5.85. The Labute approximate surface area is 119 Å². The molecule has 1 N–H and O–H groups in total. The van der Waals surface area contributed by atoms with Gasteiger partial charge in [0.05, 0.1) is 0 Å². The molecule has 1 atom stereocenters. The lowest BCUT2D eigenvalue weighted by molar-refractivity contribution is 0.104. The molecule has 0 spiro atoms. The second-order valence-electron chi connectivity index (χ2n) is 6.21. The van der Waals surface area contributed by atoms with E-state index in [1.54, 1.807) is 0 Å². The van der Waals surface area contributed by atoms with Crippen LogP contribution in [-0.4, -0.2) is 62.2 Å². The zero-order chi connectivity index (χ0) is 12.1. The maximum atomic E-state index is 3.52. The van der Waals surface area contributed by atoms with Gasteiger partial charge in [0.25, 0.3) is 0 Å². The van der Waals surface area contributed by atoms with Gasteiger partial charge in [0.15, 0.2) is 0 Å². The highest BCUT2D eigenvalue weighted by Gasteiger charge is 2.21. The number of nitrogens with one attached hydrogen (secondary N) is 1. The van der Waals surface area contributed by atoms with E-state index in [2.05, 4.69) is 29.0 Å². The predicted molar refractivity (Wildman–Crippen MR) is 80.6 cm³/mol. The maximum Gasteiger partial charge on any atom is 0.0110 e. The van der Waals surface area contributed by atoms with Crippen molar-refractivity contribution in [1.82, 2.24) is 15.1 Å². The van der Waals surface area contributed by atoms with Crippen LogP contribution in [-0.2, 0) is 0 Å². The molecule has 18 heavy (non-hydrogen) atoms. The summed E-state index contributed by atoms with van der Waals surface area (Å²) in [6, 6.07) is 0. The van der Waals surface area contributed by atoms with E-state index >= 15 is 0 Å². The molecule has 0 amide bonds. The van der Waals surface area contributed by atoms with E-state index in [1.165, 1.54) is 65.2 Å². The van der Waals surface area contributed by atoms with E-state index in [-0.39, 0.29) is 12.4 Å². The first-order chi connectivity index (χ1) is 8.24. The molecule has 0 aromatic carbocycles. The van der Waals surface area contributed by atoms with Gasteiger partial charge in [0, 0.05) is 39.3 Å². The summed E-state index contributed by atoms with van der Waals surface area (Å²) in [4.78, 5) is 5.30. The lowest BCUT2D eigenvalue weighted by Gasteiger charge is -2.37. The minimum atomic E-state index is 0. The molecule has 108 valence electrons. The van der Waals surface area contributed by atoms with E-state index < -0.39 is 0 Å². The van der Waals surface area contributed by atoms with Crippen LogP contribution in [0.1, 0.15) is 26.7 Å². The Balaban J connectivity index is 0.00000162. The molecule has 2 fully saturated rings. The molecule has 4 heteroatoms. The van der Waals surface area contributed by atoms with E-state index in [0.29, 0.717) is 0 Å². The van der Waals surface area contributed by atoms with Crippen LogP contribution in [0.15, 0.2) is 0 Å². The molecule has 0 bridgehead atoms. The molecule has 0 aromatic heterocycles. The molecule has 2 rings (SSSR count). The van der Waals surface area contributed by atoms with Crippen molar-refractivity contribution < 1.29 is 0 Å². The van der Waals surface area contributed by atoms with Gasteiger partial charge in [0.2, 0.25) is 0 Å². The van der Waals surface area contributed by atoms with Crippen LogP contribution in [0.3, 0.4) is 0 Å². The van der Waals surface area contributed by atoms with E-state index in [1.807, 2.05) is 0 Å². The Kier molecular flexibility index (Phi) is 7.54. The fourth-order valence-electron chi connectivity index (χ4n) is 3.12. The summed E-state index contributed by atoms with van der Waals surface area (Å²) in [6.07, 6.45) is 2.80. The normalized spacial score (nSPS) is 27.2. The molecule has 3 nitrogen and oxygen atoms in total. The van der Waals surface area contributed by atoms with E-state index in [9.17, 15) is 0 Å². The highest BCUT2D eigenvalue weighted by atomic mass is 35.5. The number of nitrogens with zero attached hydrogens (tertiary/aromatic N) is 2. The SMILES string of the molecule is CC(C)CN1CCN(CC2CCCNC2)CC1.Cl. The summed E-state index contributed by atoms with van der Waals surface area (Å²) in [7, 11) is 0. The number of halogens is 1. The maximum absolute atomic E-state index is 3.52. The summed E-state index contributed by atoms with van der Waals surface area (Å²) in [5, 5.41) is 3.52. The van der Waals surface area contributed by atoms with Crippen molar-refractivity contribution in [2.75, 3.05) is 52.4 Å². The van der Waals surface area contributed by atoms with Gasteiger partial charge in [-0.1, -0.05) is 13.8 Å². The van der Waals surface area contributed by atoms with Crippen molar-refractivity contribution in [3.8, 4) is 0 Å². The van der Waals surface area contributed by atoms with E-state index in [0.717, 1.165) is 11.8 Å². The van der Waals surface area contributed by atoms with Crippen molar-refractivity contribution in [2.45, 2.75) is 26.7 Å². The lowest BCUT2D eigenvalue weighted by atomic mass is 9.99. The summed E-state index contributed by atoms with van der Waals surface area (Å²) >= 11 is 0. The highest BCUT2D eigenvalue weighted by Crippen LogP contribution is 2.13. The molecule has 2 heterocycles. The monoisotopic (exact) mass is 275 g/mol. The van der Waals surface area contributed by atoms with Crippen LogP contribution in [0.2, 0.25) is 0 Å². The van der Waals surface area contributed by atoms with Crippen LogP contribution in [0.5, 0.6) is 0 Å².